The van der Waals surface area contributed by atoms with Crippen molar-refractivity contribution < 1.29 is 19.1 Å². The van der Waals surface area contributed by atoms with E-state index in [1.807, 2.05) is 26.1 Å². The number of esters is 1. The van der Waals surface area contributed by atoms with Crippen LogP contribution in [0.3, 0.4) is 0 Å². The summed E-state index contributed by atoms with van der Waals surface area (Å²) in [5, 5.41) is 0. The number of carbonyl (C=O) groups is 3. The highest BCUT2D eigenvalue weighted by atomic mass is 16.5. The molecule has 5 aliphatic carbocycles. The van der Waals surface area contributed by atoms with Crippen LogP contribution < -0.4 is 4.90 Å². The van der Waals surface area contributed by atoms with E-state index < -0.39 is 5.41 Å². The molecule has 2 heterocycles. The van der Waals surface area contributed by atoms with Gasteiger partial charge in [0, 0.05) is 55.0 Å². The normalized spacial score (nSPS) is 37.6. The lowest BCUT2D eigenvalue weighted by atomic mass is 9.36. The molecule has 0 amide bonds. The topological polar surface area (TPSA) is 79.8 Å². The fourth-order valence-electron chi connectivity index (χ4n) is 13.7. The molecule has 1 aromatic heterocycles. The molecule has 0 radical (unpaired) electrons. The molecular weight excluding hydrogens is 647 g/mol. The van der Waals surface area contributed by atoms with E-state index in [2.05, 4.69) is 68.5 Å². The maximum Gasteiger partial charge on any atom is 0.307 e. The molecule has 286 valence electrons. The summed E-state index contributed by atoms with van der Waals surface area (Å²) in [6.45, 7) is 23.3. The van der Waals surface area contributed by atoms with Gasteiger partial charge in [-0.15, -0.1) is 0 Å². The van der Waals surface area contributed by atoms with Crippen LogP contribution in [0.2, 0.25) is 0 Å². The number of ether oxygens (including phenoxy) is 1. The summed E-state index contributed by atoms with van der Waals surface area (Å²) in [4.78, 5) is 48.3. The van der Waals surface area contributed by atoms with Gasteiger partial charge in [0.15, 0.2) is 5.78 Å². The van der Waals surface area contributed by atoms with Gasteiger partial charge in [0.2, 0.25) is 0 Å². The highest BCUT2D eigenvalue weighted by Gasteiger charge is 2.66. The third-order valence-corrected chi connectivity index (χ3v) is 16.1. The van der Waals surface area contributed by atoms with Gasteiger partial charge in [-0.1, -0.05) is 67.0 Å². The predicted molar refractivity (Wildman–Crippen MR) is 207 cm³/mol. The van der Waals surface area contributed by atoms with Crippen molar-refractivity contribution in [3.8, 4) is 0 Å². The predicted octanol–water partition coefficient (Wildman–Crippen LogP) is 8.71. The number of aldehydes is 1. The van der Waals surface area contributed by atoms with Gasteiger partial charge >= 0.3 is 5.97 Å². The van der Waals surface area contributed by atoms with Crippen molar-refractivity contribution in [1.29, 1.82) is 0 Å². The van der Waals surface area contributed by atoms with Gasteiger partial charge < -0.3 is 14.4 Å². The van der Waals surface area contributed by atoms with Gasteiger partial charge in [0.25, 0.3) is 0 Å². The number of piperazine rings is 1. The number of nitrogens with zero attached hydrogens (tertiary/aromatic N) is 3. The number of hydrogen-bond donors (Lipinski definition) is 0. The fourth-order valence-corrected chi connectivity index (χ4v) is 13.7. The summed E-state index contributed by atoms with van der Waals surface area (Å²) in [5.41, 5.74) is 2.47. The lowest BCUT2D eigenvalue weighted by Gasteiger charge is -2.69. The van der Waals surface area contributed by atoms with Gasteiger partial charge in [-0.05, 0) is 122 Å². The second-order valence-corrected chi connectivity index (χ2v) is 20.2. The van der Waals surface area contributed by atoms with Crippen LogP contribution in [0.25, 0.3) is 0 Å². The van der Waals surface area contributed by atoms with Crippen molar-refractivity contribution in [2.45, 2.75) is 132 Å². The Hall–Kier alpha value is -2.54. The van der Waals surface area contributed by atoms with Crippen LogP contribution in [0.1, 0.15) is 126 Å². The summed E-state index contributed by atoms with van der Waals surface area (Å²) in [5.74, 6) is 3.82. The Morgan fingerprint density at radius 3 is 2.37 bits per heavy atom. The van der Waals surface area contributed by atoms with Crippen molar-refractivity contribution in [1.82, 2.24) is 9.88 Å². The fraction of sp³-hybridized carbons (Fsp3) is 0.778. The van der Waals surface area contributed by atoms with Gasteiger partial charge in [-0.2, -0.15) is 0 Å². The summed E-state index contributed by atoms with van der Waals surface area (Å²) in [6, 6.07) is 6.18. The molecule has 1 saturated heterocycles. The van der Waals surface area contributed by atoms with Crippen molar-refractivity contribution >= 4 is 23.9 Å². The standard InChI is InChI=1S/C45H67N3O4/c1-30(2)39-33(50)27-45(20-22-47-23-25-48(26-24-47)37-11-9-10-21-46-37)19-14-32-31(40(39)45)12-13-35-43(32,7)17-15-34-42(5,6)36(16-18-44(34,35)8)52-38(51)28-41(3,4)29-49/h9-11,21,29-32,34-36H,12-20,22-28H2,1-8H3. The Morgan fingerprint density at radius 2 is 1.69 bits per heavy atom. The molecule has 7 rings (SSSR count). The van der Waals surface area contributed by atoms with Crippen LogP contribution in [0, 0.1) is 56.7 Å². The van der Waals surface area contributed by atoms with Crippen LogP contribution in [-0.2, 0) is 19.1 Å². The summed E-state index contributed by atoms with van der Waals surface area (Å²) < 4.78 is 6.24. The second-order valence-electron chi connectivity index (χ2n) is 20.2. The number of Topliss-reactive ketones (excluding diaryl/α,β-unsaturated/α-hetero) is 1. The van der Waals surface area contributed by atoms with Crippen LogP contribution in [-0.4, -0.2) is 66.8 Å². The van der Waals surface area contributed by atoms with Gasteiger partial charge in [-0.3, -0.25) is 14.5 Å². The summed E-state index contributed by atoms with van der Waals surface area (Å²) in [7, 11) is 0. The first-order valence-corrected chi connectivity index (χ1v) is 20.9. The van der Waals surface area contributed by atoms with Crippen LogP contribution in [0.5, 0.6) is 0 Å². The molecule has 5 fully saturated rings. The molecule has 8 atom stereocenters. The minimum Gasteiger partial charge on any atom is -0.462 e. The van der Waals surface area contributed by atoms with E-state index in [4.69, 9.17) is 4.74 Å². The lowest BCUT2D eigenvalue weighted by molar-refractivity contribution is -0.213. The summed E-state index contributed by atoms with van der Waals surface area (Å²) >= 11 is 0. The van der Waals surface area contributed by atoms with Crippen molar-refractivity contribution in [3.63, 3.8) is 0 Å². The molecule has 1 aromatic rings. The Bertz CT molecular complexity index is 1560. The van der Waals surface area contributed by atoms with Crippen molar-refractivity contribution in [2.24, 2.45) is 56.7 Å². The zero-order valence-corrected chi connectivity index (χ0v) is 33.6. The smallest absolute Gasteiger partial charge is 0.307 e. The maximum atomic E-state index is 14.0. The lowest BCUT2D eigenvalue weighted by Crippen LogP contribution is -2.63. The van der Waals surface area contributed by atoms with Crippen LogP contribution in [0.15, 0.2) is 35.5 Å². The Balaban J connectivity index is 1.08. The minimum absolute atomic E-state index is 0.0304. The molecule has 0 N–H and O–H groups in total. The number of pyridine rings is 1. The molecule has 6 aliphatic rings. The molecular formula is C45H67N3O4. The molecule has 0 aromatic carbocycles. The van der Waals surface area contributed by atoms with Crippen LogP contribution in [0.4, 0.5) is 5.82 Å². The Morgan fingerprint density at radius 1 is 0.962 bits per heavy atom. The number of allylic oxidation sites excluding steroid dienone is 2. The van der Waals surface area contributed by atoms with E-state index >= 15 is 0 Å². The van der Waals surface area contributed by atoms with E-state index in [0.29, 0.717) is 29.5 Å². The highest BCUT2D eigenvalue weighted by Crippen LogP contribution is 2.73. The molecule has 8 unspecified atom stereocenters. The Labute approximate surface area is 314 Å². The molecule has 52 heavy (non-hydrogen) atoms. The molecule has 7 nitrogen and oxygen atoms in total. The first-order chi connectivity index (χ1) is 24.5. The maximum absolute atomic E-state index is 14.0. The number of aromatic nitrogens is 1. The third-order valence-electron chi connectivity index (χ3n) is 16.1. The summed E-state index contributed by atoms with van der Waals surface area (Å²) in [6.07, 6.45) is 13.8. The first kappa shape index (κ1) is 37.8. The third kappa shape index (κ3) is 6.31. The number of fused-ring (bicyclic) bond motifs is 7. The SMILES string of the molecule is CC(C)C1=C2C3CCC4C(C)(CCC5C(C)(C)C(OC(=O)CC(C)(C)C=O)CCC54C)C3CCC2(CCN2CCN(c3ccccn3)CC2)CC1=O. The monoisotopic (exact) mass is 714 g/mol. The van der Waals surface area contributed by atoms with Crippen LogP contribution >= 0.6 is 0 Å². The number of ketones is 1. The largest absolute Gasteiger partial charge is 0.462 e. The molecule has 7 heteroatoms. The highest BCUT2D eigenvalue weighted by molar-refractivity contribution is 6.00. The second kappa shape index (κ2) is 13.6. The Kier molecular flexibility index (Phi) is 9.90. The molecule has 1 aliphatic heterocycles. The van der Waals surface area contributed by atoms with E-state index in [-0.39, 0.29) is 46.1 Å². The number of anilines is 1. The molecule has 4 saturated carbocycles. The van der Waals surface area contributed by atoms with E-state index in [0.717, 1.165) is 83.4 Å². The molecule has 0 bridgehead atoms. The average molecular weight is 714 g/mol. The quantitative estimate of drug-likeness (QED) is 0.187. The van der Waals surface area contributed by atoms with Crippen molar-refractivity contribution in [2.75, 3.05) is 37.6 Å². The minimum atomic E-state index is -0.696. The van der Waals surface area contributed by atoms with Crippen molar-refractivity contribution in [3.05, 3.63) is 35.5 Å². The zero-order valence-electron chi connectivity index (χ0n) is 33.6. The number of rotatable bonds is 9. The molecule has 0 spiro atoms. The van der Waals surface area contributed by atoms with E-state index in [1.165, 1.54) is 31.3 Å². The number of carbonyl (C=O) groups excluding carboxylic acids is 3. The van der Waals surface area contributed by atoms with Gasteiger partial charge in [0.1, 0.15) is 18.2 Å². The van der Waals surface area contributed by atoms with Gasteiger partial charge in [0.05, 0.1) is 6.42 Å². The van der Waals surface area contributed by atoms with Gasteiger partial charge in [-0.25, -0.2) is 4.98 Å². The first-order valence-electron chi connectivity index (χ1n) is 20.9. The average Bonchev–Trinajstić information content (AvgIpc) is 3.41. The zero-order chi connectivity index (χ0) is 37.3. The number of hydrogen-bond acceptors (Lipinski definition) is 7. The van der Waals surface area contributed by atoms with E-state index in [1.54, 1.807) is 5.57 Å². The van der Waals surface area contributed by atoms with E-state index in [9.17, 15) is 14.4 Å².